The van der Waals surface area contributed by atoms with E-state index in [9.17, 15) is 25.5 Å². The number of halogens is 1. The van der Waals surface area contributed by atoms with Crippen LogP contribution in [0, 0.1) is 0 Å². The number of hydrogen-bond donors (Lipinski definition) is 6. The van der Waals surface area contributed by atoms with Crippen molar-refractivity contribution in [3.8, 4) is 28.7 Å². The first-order valence-corrected chi connectivity index (χ1v) is 8.47. The van der Waals surface area contributed by atoms with E-state index in [0.717, 1.165) is 6.07 Å². The van der Waals surface area contributed by atoms with E-state index in [2.05, 4.69) is 15.9 Å². The van der Waals surface area contributed by atoms with Crippen LogP contribution in [-0.2, 0) is 4.74 Å². The molecule has 2 aromatic rings. The normalized spacial score (nSPS) is 21.9. The highest BCUT2D eigenvalue weighted by Crippen LogP contribution is 2.52. The highest BCUT2D eigenvalue weighted by Gasteiger charge is 2.42. The maximum Gasteiger partial charge on any atom is 0.157 e. The van der Waals surface area contributed by atoms with E-state index < -0.39 is 24.1 Å². The molecule has 9 heteroatoms. The van der Waals surface area contributed by atoms with Gasteiger partial charge in [-0.25, -0.2) is 0 Å². The van der Waals surface area contributed by atoms with Crippen molar-refractivity contribution in [1.29, 1.82) is 0 Å². The molecule has 1 aliphatic rings. The summed E-state index contributed by atoms with van der Waals surface area (Å²) in [7, 11) is 0. The maximum atomic E-state index is 10.7. The minimum Gasteiger partial charge on any atom is -0.507 e. The maximum absolute atomic E-state index is 10.7. The third kappa shape index (κ3) is 3.14. The first-order chi connectivity index (χ1) is 12.3. The van der Waals surface area contributed by atoms with Crippen LogP contribution in [0.25, 0.3) is 0 Å². The highest BCUT2D eigenvalue weighted by atomic mass is 79.9. The number of aliphatic hydroxyl groups excluding tert-OH is 2. The van der Waals surface area contributed by atoms with Gasteiger partial charge in [-0.1, -0.05) is 6.07 Å². The summed E-state index contributed by atoms with van der Waals surface area (Å²) in [5.74, 6) is -1.27. The van der Waals surface area contributed by atoms with Crippen molar-refractivity contribution in [2.24, 2.45) is 0 Å². The van der Waals surface area contributed by atoms with Crippen molar-refractivity contribution in [3.05, 3.63) is 39.9 Å². The molecule has 1 heterocycles. The second-order valence-electron chi connectivity index (χ2n) is 5.76. The Balaban J connectivity index is 2.11. The lowest BCUT2D eigenvalue weighted by atomic mass is 9.91. The topological polar surface area (TPSA) is 140 Å². The van der Waals surface area contributed by atoms with Gasteiger partial charge in [0.2, 0.25) is 0 Å². The molecule has 0 aliphatic carbocycles. The van der Waals surface area contributed by atoms with Crippen molar-refractivity contribution in [1.82, 2.24) is 0 Å². The fourth-order valence-electron chi connectivity index (χ4n) is 2.88. The molecule has 0 amide bonds. The van der Waals surface area contributed by atoms with E-state index in [-0.39, 0.29) is 46.2 Å². The molecule has 0 radical (unpaired) electrons. The fraction of sp³-hybridized carbons (Fsp3) is 0.294. The molecule has 0 spiro atoms. The molecule has 3 atom stereocenters. The van der Waals surface area contributed by atoms with Crippen LogP contribution in [0.1, 0.15) is 23.3 Å². The standard InChI is InChI=1S/C17H17BrO8/c18-13-11(23)6-10(22)12-16(13)26-15(14(24)17(12)25-4-3-19)7-1-2-8(20)9(21)5-7/h1-2,5-6,14-15,17,19-24H,3-4H2. The number of aliphatic hydroxyl groups is 2. The molecule has 0 fully saturated rings. The zero-order valence-corrected chi connectivity index (χ0v) is 14.9. The second kappa shape index (κ2) is 7.20. The van der Waals surface area contributed by atoms with Crippen molar-refractivity contribution in [3.63, 3.8) is 0 Å². The average molecular weight is 429 g/mol. The molecular weight excluding hydrogens is 412 g/mol. The monoisotopic (exact) mass is 428 g/mol. The molecule has 1 aliphatic heterocycles. The molecule has 6 N–H and O–H groups in total. The second-order valence-corrected chi connectivity index (χ2v) is 6.56. The fourth-order valence-corrected chi connectivity index (χ4v) is 3.30. The van der Waals surface area contributed by atoms with Crippen molar-refractivity contribution in [2.75, 3.05) is 13.2 Å². The number of phenols is 4. The lowest BCUT2D eigenvalue weighted by Gasteiger charge is -2.37. The molecule has 0 aromatic heterocycles. The Kier molecular flexibility index (Phi) is 5.15. The van der Waals surface area contributed by atoms with Gasteiger partial charge in [0.15, 0.2) is 17.6 Å². The van der Waals surface area contributed by atoms with Crippen LogP contribution < -0.4 is 4.74 Å². The van der Waals surface area contributed by atoms with Gasteiger partial charge in [0, 0.05) is 6.07 Å². The van der Waals surface area contributed by atoms with Gasteiger partial charge in [-0.15, -0.1) is 0 Å². The SMILES string of the molecule is OCCOC1c2c(O)cc(O)c(Br)c2OC(c2ccc(O)c(O)c2)C1O. The smallest absolute Gasteiger partial charge is 0.157 e. The van der Waals surface area contributed by atoms with Crippen LogP contribution in [-0.4, -0.2) is 50.0 Å². The predicted octanol–water partition coefficient (Wildman–Crippen LogP) is 1.82. The van der Waals surface area contributed by atoms with Gasteiger partial charge in [0.1, 0.15) is 33.9 Å². The van der Waals surface area contributed by atoms with Gasteiger partial charge in [-0.3, -0.25) is 0 Å². The third-order valence-electron chi connectivity index (χ3n) is 4.08. The van der Waals surface area contributed by atoms with E-state index >= 15 is 0 Å². The first kappa shape index (κ1) is 18.6. The lowest BCUT2D eigenvalue weighted by molar-refractivity contribution is -0.108. The summed E-state index contributed by atoms with van der Waals surface area (Å²) < 4.78 is 11.4. The summed E-state index contributed by atoms with van der Waals surface area (Å²) in [6.45, 7) is -0.406. The largest absolute Gasteiger partial charge is 0.507 e. The van der Waals surface area contributed by atoms with Gasteiger partial charge in [0.25, 0.3) is 0 Å². The van der Waals surface area contributed by atoms with Crippen molar-refractivity contribution >= 4 is 15.9 Å². The molecule has 8 nitrogen and oxygen atoms in total. The van der Waals surface area contributed by atoms with Crippen LogP contribution >= 0.6 is 15.9 Å². The third-order valence-corrected chi connectivity index (χ3v) is 4.85. The molecule has 2 aromatic carbocycles. The zero-order valence-electron chi connectivity index (χ0n) is 13.3. The Labute approximate surface area is 156 Å². The Hall–Kier alpha value is -2.20. The van der Waals surface area contributed by atoms with Gasteiger partial charge < -0.3 is 40.1 Å². The van der Waals surface area contributed by atoms with E-state index in [1.165, 1.54) is 18.2 Å². The molecule has 0 saturated heterocycles. The van der Waals surface area contributed by atoms with Gasteiger partial charge in [-0.2, -0.15) is 0 Å². The highest BCUT2D eigenvalue weighted by molar-refractivity contribution is 9.10. The number of phenolic OH excluding ortho intramolecular Hbond substituents is 4. The molecule has 26 heavy (non-hydrogen) atoms. The van der Waals surface area contributed by atoms with E-state index in [0.29, 0.717) is 5.56 Å². The quantitative estimate of drug-likeness (QED) is 0.405. The Morgan fingerprint density at radius 1 is 1.00 bits per heavy atom. The summed E-state index contributed by atoms with van der Waals surface area (Å²) in [6.07, 6.45) is -3.40. The molecule has 140 valence electrons. The van der Waals surface area contributed by atoms with Gasteiger partial charge in [-0.05, 0) is 33.6 Å². The number of ether oxygens (including phenoxy) is 2. The summed E-state index contributed by atoms with van der Waals surface area (Å²) in [4.78, 5) is 0. The molecule has 3 unspecified atom stereocenters. The number of benzene rings is 2. The molecule has 3 rings (SSSR count). The van der Waals surface area contributed by atoms with Crippen molar-refractivity contribution < 1.29 is 40.1 Å². The number of aromatic hydroxyl groups is 4. The Bertz CT molecular complexity index is 825. The van der Waals surface area contributed by atoms with Crippen LogP contribution in [0.3, 0.4) is 0 Å². The van der Waals surface area contributed by atoms with Crippen LogP contribution in [0.15, 0.2) is 28.7 Å². The van der Waals surface area contributed by atoms with Crippen LogP contribution in [0.4, 0.5) is 0 Å². The number of fused-ring (bicyclic) bond motifs is 1. The zero-order chi connectivity index (χ0) is 19.0. The van der Waals surface area contributed by atoms with Gasteiger partial charge in [0.05, 0.1) is 18.8 Å². The molecule has 0 saturated carbocycles. The first-order valence-electron chi connectivity index (χ1n) is 7.68. The lowest BCUT2D eigenvalue weighted by Crippen LogP contribution is -2.36. The predicted molar refractivity (Wildman–Crippen MR) is 92.4 cm³/mol. The Morgan fingerprint density at radius 2 is 1.73 bits per heavy atom. The van der Waals surface area contributed by atoms with E-state index in [1.54, 1.807) is 0 Å². The summed E-state index contributed by atoms with van der Waals surface area (Å²) in [5, 5.41) is 59.1. The minimum absolute atomic E-state index is 0.0632. The Morgan fingerprint density at radius 3 is 2.38 bits per heavy atom. The molecule has 0 bridgehead atoms. The number of rotatable bonds is 4. The van der Waals surface area contributed by atoms with E-state index in [4.69, 9.17) is 14.6 Å². The van der Waals surface area contributed by atoms with Crippen molar-refractivity contribution in [2.45, 2.75) is 18.3 Å². The minimum atomic E-state index is -1.31. The van der Waals surface area contributed by atoms with Crippen LogP contribution in [0.5, 0.6) is 28.7 Å². The van der Waals surface area contributed by atoms with E-state index in [1.807, 2.05) is 0 Å². The summed E-state index contributed by atoms with van der Waals surface area (Å²) in [5.41, 5.74) is 0.459. The van der Waals surface area contributed by atoms with Crippen LogP contribution in [0.2, 0.25) is 0 Å². The molecular formula is C17H17BrO8. The average Bonchev–Trinajstić information content (AvgIpc) is 2.61. The summed E-state index contributed by atoms with van der Waals surface area (Å²) >= 11 is 3.18. The number of hydrogen-bond acceptors (Lipinski definition) is 8. The summed E-state index contributed by atoms with van der Waals surface area (Å²) in [6, 6.07) is 5.01. The van der Waals surface area contributed by atoms with Gasteiger partial charge >= 0.3 is 0 Å².